The van der Waals surface area contributed by atoms with E-state index in [1.54, 1.807) is 6.20 Å². The van der Waals surface area contributed by atoms with E-state index in [0.29, 0.717) is 11.3 Å². The van der Waals surface area contributed by atoms with Crippen molar-refractivity contribution in [1.82, 2.24) is 9.97 Å². The van der Waals surface area contributed by atoms with Gasteiger partial charge in [-0.3, -0.25) is 0 Å². The molecular formula is C11H15BrClN3. The predicted octanol–water partition coefficient (Wildman–Crippen LogP) is 3.66. The van der Waals surface area contributed by atoms with Crippen LogP contribution in [0.4, 0.5) is 5.82 Å². The molecule has 0 atom stereocenters. The monoisotopic (exact) mass is 303 g/mol. The van der Waals surface area contributed by atoms with Crippen LogP contribution in [0, 0.1) is 0 Å². The molecule has 0 unspecified atom stereocenters. The second-order valence-corrected chi connectivity index (χ2v) is 5.41. The minimum absolute atomic E-state index is 0.306. The van der Waals surface area contributed by atoms with Gasteiger partial charge in [0, 0.05) is 19.3 Å². The molecule has 0 aromatic carbocycles. The Hall–Kier alpha value is -0.350. The second-order valence-electron chi connectivity index (χ2n) is 4.21. The van der Waals surface area contributed by atoms with Gasteiger partial charge in [0.1, 0.15) is 5.82 Å². The third-order valence-electron chi connectivity index (χ3n) is 3.15. The van der Waals surface area contributed by atoms with E-state index in [-0.39, 0.29) is 0 Å². The van der Waals surface area contributed by atoms with Crippen LogP contribution in [0.25, 0.3) is 0 Å². The molecule has 88 valence electrons. The first-order chi connectivity index (χ1) is 7.68. The van der Waals surface area contributed by atoms with E-state index >= 15 is 0 Å². The molecule has 1 aromatic heterocycles. The lowest BCUT2D eigenvalue weighted by molar-refractivity contribution is 0.425. The molecule has 2 rings (SSSR count). The maximum Gasteiger partial charge on any atom is 0.224 e. The zero-order valence-electron chi connectivity index (χ0n) is 9.29. The van der Waals surface area contributed by atoms with E-state index in [9.17, 15) is 0 Å². The molecule has 1 fully saturated rings. The lowest BCUT2D eigenvalue weighted by atomic mass is 9.94. The topological polar surface area (TPSA) is 29.0 Å². The van der Waals surface area contributed by atoms with Crippen molar-refractivity contribution in [3.05, 3.63) is 16.0 Å². The van der Waals surface area contributed by atoms with Gasteiger partial charge >= 0.3 is 0 Å². The zero-order valence-corrected chi connectivity index (χ0v) is 11.6. The minimum Gasteiger partial charge on any atom is -0.356 e. The minimum atomic E-state index is 0.306. The highest BCUT2D eigenvalue weighted by atomic mass is 79.9. The SMILES string of the molecule is CN(c1nc(Cl)ncc1Br)C1CCCCC1. The Bertz CT molecular complexity index is 366. The Morgan fingerprint density at radius 1 is 1.38 bits per heavy atom. The maximum atomic E-state index is 5.83. The second kappa shape index (κ2) is 5.32. The van der Waals surface area contributed by atoms with Crippen LogP contribution in [0.2, 0.25) is 5.28 Å². The molecule has 0 radical (unpaired) electrons. The first-order valence-corrected chi connectivity index (χ1v) is 6.76. The molecule has 16 heavy (non-hydrogen) atoms. The summed E-state index contributed by atoms with van der Waals surface area (Å²) in [7, 11) is 2.08. The Labute approximate surface area is 109 Å². The van der Waals surface area contributed by atoms with Gasteiger partial charge in [0.15, 0.2) is 0 Å². The van der Waals surface area contributed by atoms with Crippen molar-refractivity contribution >= 4 is 33.3 Å². The first-order valence-electron chi connectivity index (χ1n) is 5.59. The molecule has 0 saturated heterocycles. The molecule has 0 bridgehead atoms. The van der Waals surface area contributed by atoms with Gasteiger partial charge in [0.25, 0.3) is 0 Å². The van der Waals surface area contributed by atoms with Crippen molar-refractivity contribution in [2.24, 2.45) is 0 Å². The van der Waals surface area contributed by atoms with Gasteiger partial charge in [-0.2, -0.15) is 4.98 Å². The molecule has 0 spiro atoms. The Balaban J connectivity index is 2.18. The summed E-state index contributed by atoms with van der Waals surface area (Å²) in [6.45, 7) is 0. The van der Waals surface area contributed by atoms with Gasteiger partial charge in [0.2, 0.25) is 5.28 Å². The van der Waals surface area contributed by atoms with Crippen LogP contribution in [-0.2, 0) is 0 Å². The summed E-state index contributed by atoms with van der Waals surface area (Å²) in [6.07, 6.45) is 8.17. The molecule has 1 aromatic rings. The largest absolute Gasteiger partial charge is 0.356 e. The quantitative estimate of drug-likeness (QED) is 0.781. The molecule has 0 aliphatic heterocycles. The Kier molecular flexibility index (Phi) is 4.03. The fourth-order valence-electron chi connectivity index (χ4n) is 2.23. The summed E-state index contributed by atoms with van der Waals surface area (Å²) < 4.78 is 0.907. The van der Waals surface area contributed by atoms with Crippen molar-refractivity contribution in [2.75, 3.05) is 11.9 Å². The third kappa shape index (κ3) is 2.66. The van der Waals surface area contributed by atoms with Crippen molar-refractivity contribution < 1.29 is 0 Å². The normalized spacial score (nSPS) is 17.4. The summed E-state index contributed by atoms with van der Waals surface area (Å²) in [5.74, 6) is 0.895. The number of halogens is 2. The average Bonchev–Trinajstić information content (AvgIpc) is 2.32. The number of anilines is 1. The number of nitrogens with zero attached hydrogens (tertiary/aromatic N) is 3. The van der Waals surface area contributed by atoms with Crippen molar-refractivity contribution in [1.29, 1.82) is 0 Å². The summed E-state index contributed by atoms with van der Waals surface area (Å²) in [5, 5.41) is 0.306. The van der Waals surface area contributed by atoms with Crippen molar-refractivity contribution in [2.45, 2.75) is 38.1 Å². The third-order valence-corrected chi connectivity index (χ3v) is 3.89. The number of aromatic nitrogens is 2. The molecule has 1 aliphatic rings. The van der Waals surface area contributed by atoms with Crippen LogP contribution in [0.15, 0.2) is 10.7 Å². The summed E-state index contributed by atoms with van der Waals surface area (Å²) in [6, 6.07) is 0.580. The van der Waals surface area contributed by atoms with Gasteiger partial charge in [-0.05, 0) is 40.4 Å². The van der Waals surface area contributed by atoms with Gasteiger partial charge in [-0.15, -0.1) is 0 Å². The average molecular weight is 305 g/mol. The van der Waals surface area contributed by atoms with E-state index in [1.807, 2.05) is 0 Å². The van der Waals surface area contributed by atoms with Gasteiger partial charge in [0.05, 0.1) is 4.47 Å². The van der Waals surface area contributed by atoms with Crippen LogP contribution >= 0.6 is 27.5 Å². The smallest absolute Gasteiger partial charge is 0.224 e. The number of hydrogen-bond donors (Lipinski definition) is 0. The molecule has 0 N–H and O–H groups in total. The van der Waals surface area contributed by atoms with Crippen LogP contribution < -0.4 is 4.90 Å². The summed E-state index contributed by atoms with van der Waals surface area (Å²) in [5.41, 5.74) is 0. The van der Waals surface area contributed by atoms with E-state index in [0.717, 1.165) is 10.3 Å². The highest BCUT2D eigenvalue weighted by molar-refractivity contribution is 9.10. The fourth-order valence-corrected chi connectivity index (χ4v) is 2.83. The highest BCUT2D eigenvalue weighted by Crippen LogP contribution is 2.29. The van der Waals surface area contributed by atoms with E-state index in [2.05, 4.69) is 37.8 Å². The summed E-state index contributed by atoms with van der Waals surface area (Å²) >= 11 is 9.30. The lowest BCUT2D eigenvalue weighted by Gasteiger charge is -2.32. The van der Waals surface area contributed by atoms with E-state index in [4.69, 9.17) is 11.6 Å². The number of hydrogen-bond acceptors (Lipinski definition) is 3. The van der Waals surface area contributed by atoms with Crippen LogP contribution in [0.1, 0.15) is 32.1 Å². The van der Waals surface area contributed by atoms with Gasteiger partial charge in [-0.1, -0.05) is 19.3 Å². The van der Waals surface area contributed by atoms with Gasteiger partial charge in [-0.25, -0.2) is 4.98 Å². The lowest BCUT2D eigenvalue weighted by Crippen LogP contribution is -2.34. The molecule has 5 heteroatoms. The van der Waals surface area contributed by atoms with E-state index in [1.165, 1.54) is 32.1 Å². The fraction of sp³-hybridized carbons (Fsp3) is 0.636. The highest BCUT2D eigenvalue weighted by Gasteiger charge is 2.21. The molecule has 1 saturated carbocycles. The molecular weight excluding hydrogens is 289 g/mol. The summed E-state index contributed by atoms with van der Waals surface area (Å²) in [4.78, 5) is 10.4. The van der Waals surface area contributed by atoms with Crippen LogP contribution in [0.3, 0.4) is 0 Å². The van der Waals surface area contributed by atoms with E-state index < -0.39 is 0 Å². The van der Waals surface area contributed by atoms with Crippen molar-refractivity contribution in [3.8, 4) is 0 Å². The molecule has 1 aliphatic carbocycles. The zero-order chi connectivity index (χ0) is 11.5. The molecule has 3 nitrogen and oxygen atoms in total. The van der Waals surface area contributed by atoms with Crippen LogP contribution in [-0.4, -0.2) is 23.1 Å². The van der Waals surface area contributed by atoms with Crippen molar-refractivity contribution in [3.63, 3.8) is 0 Å². The molecule has 0 amide bonds. The van der Waals surface area contributed by atoms with Gasteiger partial charge < -0.3 is 4.90 Å². The first kappa shape index (κ1) is 12.1. The van der Waals surface area contributed by atoms with Crippen LogP contribution in [0.5, 0.6) is 0 Å². The maximum absolute atomic E-state index is 5.83. The number of rotatable bonds is 2. The Morgan fingerprint density at radius 2 is 2.06 bits per heavy atom. The Morgan fingerprint density at radius 3 is 2.75 bits per heavy atom. The standard InChI is InChI=1S/C11H15BrClN3/c1-16(8-5-3-2-4-6-8)10-9(12)7-14-11(13)15-10/h7-8H,2-6H2,1H3. The molecule has 1 heterocycles. The predicted molar refractivity (Wildman–Crippen MR) is 70.0 cm³/mol.